The van der Waals surface area contributed by atoms with E-state index in [1.54, 1.807) is 11.0 Å². The highest BCUT2D eigenvalue weighted by Crippen LogP contribution is 2.39. The van der Waals surface area contributed by atoms with E-state index in [0.29, 0.717) is 31.3 Å². The molecule has 1 saturated heterocycles. The Kier molecular flexibility index (Phi) is 5.92. The van der Waals surface area contributed by atoms with Crippen LogP contribution in [0, 0.1) is 0 Å². The molecular weight excluding hydrogens is 396 g/mol. The number of halogens is 2. The lowest BCUT2D eigenvalue weighted by Gasteiger charge is -2.26. The summed E-state index contributed by atoms with van der Waals surface area (Å²) in [6.45, 7) is -1.23. The number of methoxy groups -OCH3 is 1. The van der Waals surface area contributed by atoms with E-state index in [0.717, 1.165) is 24.8 Å². The van der Waals surface area contributed by atoms with Crippen molar-refractivity contribution in [3.05, 3.63) is 47.5 Å². The number of likely N-dealkylation sites (tertiary alicyclic amines) is 1. The molecule has 0 saturated carbocycles. The van der Waals surface area contributed by atoms with E-state index < -0.39 is 6.61 Å². The van der Waals surface area contributed by atoms with Crippen LogP contribution in [0.15, 0.2) is 36.4 Å². The summed E-state index contributed by atoms with van der Waals surface area (Å²) in [7, 11) is 1.36. The second-order valence-corrected chi connectivity index (χ2v) is 7.16. The fourth-order valence-electron chi connectivity index (χ4n) is 3.91. The standard InChI is InChI=1S/C22H23F2NO5/c1-27-17-7-6-15(13-20(17)30-22(23)24)21(26)25-9-2-4-16(25)14-5-8-18-19(12-14)29-11-3-10-28-18/h5-8,12-13,16,22H,2-4,9-11H2,1H3. The predicted octanol–water partition coefficient (Wildman–Crippen LogP) is 4.44. The molecule has 2 aromatic carbocycles. The lowest BCUT2D eigenvalue weighted by atomic mass is 10.0. The van der Waals surface area contributed by atoms with E-state index in [-0.39, 0.29) is 29.0 Å². The first-order valence-electron chi connectivity index (χ1n) is 9.90. The summed E-state index contributed by atoms with van der Waals surface area (Å²) in [6, 6.07) is 9.94. The van der Waals surface area contributed by atoms with Crippen LogP contribution >= 0.6 is 0 Å². The zero-order valence-electron chi connectivity index (χ0n) is 16.6. The lowest BCUT2D eigenvalue weighted by molar-refractivity contribution is -0.0512. The molecule has 1 atom stereocenters. The Morgan fingerprint density at radius 1 is 1.07 bits per heavy atom. The zero-order valence-corrected chi connectivity index (χ0v) is 16.6. The molecule has 0 aliphatic carbocycles. The van der Waals surface area contributed by atoms with Gasteiger partial charge in [-0.2, -0.15) is 8.78 Å². The minimum atomic E-state index is -3.01. The number of rotatable bonds is 5. The SMILES string of the molecule is COc1ccc(C(=O)N2CCCC2c2ccc3c(c2)OCCCO3)cc1OC(F)F. The molecule has 1 unspecified atom stereocenters. The van der Waals surface area contributed by atoms with Crippen molar-refractivity contribution in [3.63, 3.8) is 0 Å². The van der Waals surface area contributed by atoms with Crippen LogP contribution in [0.5, 0.6) is 23.0 Å². The summed E-state index contributed by atoms with van der Waals surface area (Å²) in [4.78, 5) is 15.0. The minimum Gasteiger partial charge on any atom is -0.493 e. The molecule has 0 spiro atoms. The van der Waals surface area contributed by atoms with E-state index in [1.165, 1.54) is 19.2 Å². The largest absolute Gasteiger partial charge is 0.493 e. The normalized spacial score (nSPS) is 18.3. The van der Waals surface area contributed by atoms with Crippen LogP contribution in [0.2, 0.25) is 0 Å². The van der Waals surface area contributed by atoms with Gasteiger partial charge in [-0.1, -0.05) is 6.07 Å². The smallest absolute Gasteiger partial charge is 0.387 e. The van der Waals surface area contributed by atoms with Crippen molar-refractivity contribution in [2.45, 2.75) is 31.9 Å². The van der Waals surface area contributed by atoms with Crippen LogP contribution in [0.1, 0.15) is 41.2 Å². The molecule has 1 fully saturated rings. The number of benzene rings is 2. The van der Waals surface area contributed by atoms with Gasteiger partial charge in [-0.3, -0.25) is 4.79 Å². The van der Waals surface area contributed by atoms with Gasteiger partial charge in [0.15, 0.2) is 23.0 Å². The first-order chi connectivity index (χ1) is 14.6. The van der Waals surface area contributed by atoms with Crippen molar-refractivity contribution in [3.8, 4) is 23.0 Å². The van der Waals surface area contributed by atoms with Gasteiger partial charge in [0.2, 0.25) is 0 Å². The van der Waals surface area contributed by atoms with Crippen molar-refractivity contribution < 1.29 is 32.5 Å². The van der Waals surface area contributed by atoms with Gasteiger partial charge in [-0.25, -0.2) is 0 Å². The van der Waals surface area contributed by atoms with E-state index in [9.17, 15) is 13.6 Å². The fourth-order valence-corrected chi connectivity index (χ4v) is 3.91. The third kappa shape index (κ3) is 4.13. The number of nitrogens with zero attached hydrogens (tertiary/aromatic N) is 1. The van der Waals surface area contributed by atoms with Crippen LogP contribution in [0.4, 0.5) is 8.78 Å². The molecule has 1 amide bonds. The molecule has 0 radical (unpaired) electrons. The molecule has 0 bridgehead atoms. The van der Waals surface area contributed by atoms with E-state index in [2.05, 4.69) is 4.74 Å². The monoisotopic (exact) mass is 419 g/mol. The molecule has 30 heavy (non-hydrogen) atoms. The highest BCUT2D eigenvalue weighted by molar-refractivity contribution is 5.95. The summed E-state index contributed by atoms with van der Waals surface area (Å²) >= 11 is 0. The van der Waals surface area contributed by atoms with Gasteiger partial charge in [0.05, 0.1) is 26.4 Å². The highest BCUT2D eigenvalue weighted by atomic mass is 19.3. The van der Waals surface area contributed by atoms with Crippen LogP contribution in [-0.4, -0.2) is 44.3 Å². The maximum atomic E-state index is 13.2. The van der Waals surface area contributed by atoms with Gasteiger partial charge in [0, 0.05) is 18.5 Å². The van der Waals surface area contributed by atoms with Gasteiger partial charge in [0.1, 0.15) is 0 Å². The molecule has 4 rings (SSSR count). The van der Waals surface area contributed by atoms with Crippen molar-refractivity contribution >= 4 is 5.91 Å². The molecule has 8 heteroatoms. The Morgan fingerprint density at radius 2 is 1.87 bits per heavy atom. The lowest BCUT2D eigenvalue weighted by Crippen LogP contribution is -2.30. The predicted molar refractivity (Wildman–Crippen MR) is 105 cm³/mol. The third-order valence-corrected chi connectivity index (χ3v) is 5.30. The molecule has 0 N–H and O–H groups in total. The first kappa shape index (κ1) is 20.3. The van der Waals surface area contributed by atoms with Crippen molar-refractivity contribution in [1.29, 1.82) is 0 Å². The molecule has 160 valence electrons. The van der Waals surface area contributed by atoms with E-state index in [1.807, 2.05) is 18.2 Å². The zero-order chi connectivity index (χ0) is 21.1. The average Bonchev–Trinajstić information content (AvgIpc) is 3.11. The topological polar surface area (TPSA) is 57.2 Å². The van der Waals surface area contributed by atoms with Crippen LogP contribution < -0.4 is 18.9 Å². The summed E-state index contributed by atoms with van der Waals surface area (Å²) in [6.07, 6.45) is 2.47. The Morgan fingerprint density at radius 3 is 2.63 bits per heavy atom. The van der Waals surface area contributed by atoms with Crippen molar-refractivity contribution in [1.82, 2.24) is 4.90 Å². The Bertz CT molecular complexity index is 920. The summed E-state index contributed by atoms with van der Waals surface area (Å²) < 4.78 is 46.5. The number of fused-ring (bicyclic) bond motifs is 1. The van der Waals surface area contributed by atoms with Crippen LogP contribution in [-0.2, 0) is 0 Å². The molecule has 0 aromatic heterocycles. The number of hydrogen-bond donors (Lipinski definition) is 0. The van der Waals surface area contributed by atoms with Gasteiger partial charge in [-0.05, 0) is 48.7 Å². The van der Waals surface area contributed by atoms with E-state index >= 15 is 0 Å². The van der Waals surface area contributed by atoms with E-state index in [4.69, 9.17) is 14.2 Å². The molecular formula is C22H23F2NO5. The quantitative estimate of drug-likeness (QED) is 0.718. The number of carbonyl (C=O) groups is 1. The number of amides is 1. The second kappa shape index (κ2) is 8.77. The number of alkyl halides is 2. The number of hydrogen-bond acceptors (Lipinski definition) is 5. The summed E-state index contributed by atoms with van der Waals surface area (Å²) in [5.41, 5.74) is 1.23. The van der Waals surface area contributed by atoms with Gasteiger partial charge in [0.25, 0.3) is 5.91 Å². The Balaban J connectivity index is 1.59. The number of carbonyl (C=O) groups excluding carboxylic acids is 1. The Labute approximate surface area is 173 Å². The molecule has 2 aliphatic rings. The third-order valence-electron chi connectivity index (χ3n) is 5.30. The molecule has 2 heterocycles. The number of ether oxygens (including phenoxy) is 4. The fraction of sp³-hybridized carbons (Fsp3) is 0.409. The molecule has 6 nitrogen and oxygen atoms in total. The second-order valence-electron chi connectivity index (χ2n) is 7.16. The molecule has 2 aliphatic heterocycles. The minimum absolute atomic E-state index is 0.128. The Hall–Kier alpha value is -3.03. The first-order valence-corrected chi connectivity index (χ1v) is 9.90. The van der Waals surface area contributed by atoms with Crippen LogP contribution in [0.25, 0.3) is 0 Å². The van der Waals surface area contributed by atoms with Gasteiger partial charge >= 0.3 is 6.61 Å². The maximum absolute atomic E-state index is 13.2. The van der Waals surface area contributed by atoms with Crippen LogP contribution in [0.3, 0.4) is 0 Å². The maximum Gasteiger partial charge on any atom is 0.387 e. The van der Waals surface area contributed by atoms with Gasteiger partial charge < -0.3 is 23.8 Å². The highest BCUT2D eigenvalue weighted by Gasteiger charge is 2.32. The van der Waals surface area contributed by atoms with Gasteiger partial charge in [-0.15, -0.1) is 0 Å². The van der Waals surface area contributed by atoms with Crippen molar-refractivity contribution in [2.75, 3.05) is 26.9 Å². The summed E-state index contributed by atoms with van der Waals surface area (Å²) in [5, 5.41) is 0. The van der Waals surface area contributed by atoms with Crippen molar-refractivity contribution in [2.24, 2.45) is 0 Å². The average molecular weight is 419 g/mol. The molecule has 2 aromatic rings. The summed E-state index contributed by atoms with van der Waals surface area (Å²) in [5.74, 6) is 1.13.